The predicted octanol–water partition coefficient (Wildman–Crippen LogP) is 3.82. The van der Waals surface area contributed by atoms with Crippen molar-refractivity contribution in [2.24, 2.45) is 5.73 Å². The van der Waals surface area contributed by atoms with E-state index in [9.17, 15) is 4.39 Å². The normalized spacial score (nSPS) is 20.7. The molecule has 122 valence electrons. The Bertz CT molecular complexity index is 545. The van der Waals surface area contributed by atoms with Gasteiger partial charge in [-0.1, -0.05) is 19.3 Å². The summed E-state index contributed by atoms with van der Waals surface area (Å²) in [4.78, 5) is 0. The minimum absolute atomic E-state index is 0.132. The maximum atomic E-state index is 14.9. The molecule has 1 fully saturated rings. The van der Waals surface area contributed by atoms with Crippen LogP contribution in [0.3, 0.4) is 0 Å². The van der Waals surface area contributed by atoms with Gasteiger partial charge in [-0.3, -0.25) is 0 Å². The molecule has 0 aromatic heterocycles. The molecule has 2 aliphatic rings. The first kappa shape index (κ1) is 15.6. The van der Waals surface area contributed by atoms with Crippen molar-refractivity contribution in [3.63, 3.8) is 0 Å². The van der Waals surface area contributed by atoms with E-state index in [1.807, 2.05) is 12.1 Å². The lowest BCUT2D eigenvalue weighted by Crippen LogP contribution is -2.39. The van der Waals surface area contributed by atoms with Crippen LogP contribution >= 0.6 is 0 Å². The van der Waals surface area contributed by atoms with Crippen molar-refractivity contribution in [2.45, 2.75) is 57.0 Å². The highest BCUT2D eigenvalue weighted by Crippen LogP contribution is 2.47. The molecule has 1 aliphatic carbocycles. The Morgan fingerprint density at radius 1 is 1.09 bits per heavy atom. The van der Waals surface area contributed by atoms with Crippen LogP contribution in [0.1, 0.15) is 57.1 Å². The van der Waals surface area contributed by atoms with Crippen LogP contribution in [0.4, 0.5) is 4.39 Å². The van der Waals surface area contributed by atoms with E-state index in [0.29, 0.717) is 31.1 Å². The van der Waals surface area contributed by atoms with Crippen LogP contribution < -0.4 is 15.2 Å². The number of hydrogen-bond donors (Lipinski definition) is 1. The Morgan fingerprint density at radius 3 is 2.23 bits per heavy atom. The van der Waals surface area contributed by atoms with Crippen molar-refractivity contribution in [2.75, 3.05) is 19.8 Å². The molecule has 22 heavy (non-hydrogen) atoms. The van der Waals surface area contributed by atoms with Crippen molar-refractivity contribution in [1.29, 1.82) is 0 Å². The largest absolute Gasteiger partial charge is 0.486 e. The van der Waals surface area contributed by atoms with E-state index in [0.717, 1.165) is 37.0 Å². The van der Waals surface area contributed by atoms with E-state index < -0.39 is 5.67 Å². The Hall–Kier alpha value is -1.29. The fourth-order valence-corrected chi connectivity index (χ4v) is 3.83. The summed E-state index contributed by atoms with van der Waals surface area (Å²) < 4.78 is 26.2. The molecule has 1 saturated carbocycles. The third kappa shape index (κ3) is 2.69. The molecule has 4 heteroatoms. The molecular weight excluding hydrogens is 281 g/mol. The standard InChI is InChI=1S/C18H26FNO2/c1-17(2,19)13-10-15-16(22-9-8-21-15)11-14(13)18(12-20)6-4-3-5-7-18/h10-11H,3-9,12,20H2,1-2H3. The summed E-state index contributed by atoms with van der Waals surface area (Å²) in [6, 6.07) is 3.82. The van der Waals surface area contributed by atoms with Crippen LogP contribution in [0.25, 0.3) is 0 Å². The molecule has 0 spiro atoms. The molecule has 2 N–H and O–H groups in total. The van der Waals surface area contributed by atoms with Gasteiger partial charge in [-0.15, -0.1) is 0 Å². The predicted molar refractivity (Wildman–Crippen MR) is 85.4 cm³/mol. The molecule has 1 aliphatic heterocycles. The van der Waals surface area contributed by atoms with Gasteiger partial charge in [0.25, 0.3) is 0 Å². The van der Waals surface area contributed by atoms with Crippen molar-refractivity contribution >= 4 is 0 Å². The smallest absolute Gasteiger partial charge is 0.161 e. The lowest BCUT2D eigenvalue weighted by Gasteiger charge is -2.40. The maximum absolute atomic E-state index is 14.9. The molecule has 0 unspecified atom stereocenters. The summed E-state index contributed by atoms with van der Waals surface area (Å²) in [6.45, 7) is 4.82. The first-order chi connectivity index (χ1) is 10.5. The van der Waals surface area contributed by atoms with Crippen LogP contribution in [-0.2, 0) is 11.1 Å². The number of hydrogen-bond acceptors (Lipinski definition) is 3. The van der Waals surface area contributed by atoms with Crippen LogP contribution in [0.2, 0.25) is 0 Å². The van der Waals surface area contributed by atoms with Gasteiger partial charge >= 0.3 is 0 Å². The molecule has 1 aromatic rings. The summed E-state index contributed by atoms with van der Waals surface area (Å²) in [6.07, 6.45) is 5.58. The monoisotopic (exact) mass is 307 g/mol. The quantitative estimate of drug-likeness (QED) is 0.923. The topological polar surface area (TPSA) is 44.5 Å². The molecule has 0 atom stereocenters. The summed E-state index contributed by atoms with van der Waals surface area (Å²) in [5, 5.41) is 0. The molecule has 1 aromatic carbocycles. The van der Waals surface area contributed by atoms with Gasteiger partial charge in [0, 0.05) is 12.0 Å². The lowest BCUT2D eigenvalue weighted by molar-refractivity contribution is 0.166. The lowest BCUT2D eigenvalue weighted by atomic mass is 9.67. The van der Waals surface area contributed by atoms with Crippen molar-refractivity contribution < 1.29 is 13.9 Å². The second-order valence-electron chi connectivity index (χ2n) is 7.06. The zero-order valence-corrected chi connectivity index (χ0v) is 13.6. The highest BCUT2D eigenvalue weighted by molar-refractivity contribution is 5.52. The minimum Gasteiger partial charge on any atom is -0.486 e. The Balaban J connectivity index is 2.15. The third-order valence-corrected chi connectivity index (χ3v) is 5.10. The van der Waals surface area contributed by atoms with Crippen molar-refractivity contribution in [1.82, 2.24) is 0 Å². The second kappa shape index (κ2) is 5.73. The highest BCUT2D eigenvalue weighted by atomic mass is 19.1. The van der Waals surface area contributed by atoms with Crippen molar-refractivity contribution in [3.05, 3.63) is 23.3 Å². The van der Waals surface area contributed by atoms with Gasteiger partial charge < -0.3 is 15.2 Å². The summed E-state index contributed by atoms with van der Waals surface area (Å²) in [5.74, 6) is 1.38. The van der Waals surface area contributed by atoms with Gasteiger partial charge in [-0.2, -0.15) is 0 Å². The van der Waals surface area contributed by atoms with E-state index in [2.05, 4.69) is 0 Å². The van der Waals surface area contributed by atoms with Crippen LogP contribution in [0, 0.1) is 0 Å². The third-order valence-electron chi connectivity index (χ3n) is 5.10. The van der Waals surface area contributed by atoms with Gasteiger partial charge in [0.05, 0.1) is 0 Å². The summed E-state index contributed by atoms with van der Waals surface area (Å²) in [7, 11) is 0. The first-order valence-corrected chi connectivity index (χ1v) is 8.30. The molecule has 3 nitrogen and oxygen atoms in total. The number of fused-ring (bicyclic) bond motifs is 1. The Kier molecular flexibility index (Phi) is 4.06. The van der Waals surface area contributed by atoms with E-state index in [-0.39, 0.29) is 5.41 Å². The number of benzene rings is 1. The second-order valence-corrected chi connectivity index (χ2v) is 7.06. The highest BCUT2D eigenvalue weighted by Gasteiger charge is 2.39. The number of alkyl halides is 1. The van der Waals surface area contributed by atoms with Gasteiger partial charge in [0.2, 0.25) is 0 Å². The Labute approximate surface area is 132 Å². The molecule has 0 bridgehead atoms. The van der Waals surface area contributed by atoms with E-state index >= 15 is 0 Å². The number of ether oxygens (including phenoxy) is 2. The minimum atomic E-state index is -1.43. The SMILES string of the molecule is CC(C)(F)c1cc2c(cc1C1(CN)CCCCC1)OCCO2. The molecule has 0 saturated heterocycles. The number of nitrogens with two attached hydrogens (primary N) is 1. The average Bonchev–Trinajstić information content (AvgIpc) is 2.53. The fourth-order valence-electron chi connectivity index (χ4n) is 3.83. The van der Waals surface area contributed by atoms with Gasteiger partial charge in [0.15, 0.2) is 11.5 Å². The zero-order chi connectivity index (χ0) is 15.8. The fraction of sp³-hybridized carbons (Fsp3) is 0.667. The molecule has 1 heterocycles. The Morgan fingerprint density at radius 2 is 1.68 bits per heavy atom. The van der Waals surface area contributed by atoms with E-state index in [4.69, 9.17) is 15.2 Å². The van der Waals surface area contributed by atoms with Gasteiger partial charge in [0.1, 0.15) is 18.9 Å². The summed E-state index contributed by atoms with van der Waals surface area (Å²) >= 11 is 0. The number of halogens is 1. The molecular formula is C18H26FNO2. The molecule has 0 amide bonds. The first-order valence-electron chi connectivity index (χ1n) is 8.30. The van der Waals surface area contributed by atoms with Crippen LogP contribution in [0.5, 0.6) is 11.5 Å². The molecule has 0 radical (unpaired) electrons. The van der Waals surface area contributed by atoms with Gasteiger partial charge in [-0.25, -0.2) is 4.39 Å². The average molecular weight is 307 g/mol. The van der Waals surface area contributed by atoms with E-state index in [1.54, 1.807) is 13.8 Å². The number of rotatable bonds is 3. The maximum Gasteiger partial charge on any atom is 0.161 e. The molecule has 3 rings (SSSR count). The van der Waals surface area contributed by atoms with Crippen molar-refractivity contribution in [3.8, 4) is 11.5 Å². The summed E-state index contributed by atoms with van der Waals surface area (Å²) in [5.41, 5.74) is 6.32. The van der Waals surface area contributed by atoms with Crippen LogP contribution in [-0.4, -0.2) is 19.8 Å². The van der Waals surface area contributed by atoms with Gasteiger partial charge in [-0.05, 0) is 49.9 Å². The van der Waals surface area contributed by atoms with E-state index in [1.165, 1.54) is 6.42 Å². The zero-order valence-electron chi connectivity index (χ0n) is 13.6. The van der Waals surface area contributed by atoms with Crippen LogP contribution in [0.15, 0.2) is 12.1 Å².